The summed E-state index contributed by atoms with van der Waals surface area (Å²) in [6, 6.07) is 15.9. The molecule has 0 bridgehead atoms. The van der Waals surface area contributed by atoms with E-state index in [1.165, 1.54) is 17.3 Å². The van der Waals surface area contributed by atoms with Gasteiger partial charge >= 0.3 is 0 Å². The number of benzene rings is 2. The van der Waals surface area contributed by atoms with Crippen LogP contribution in [0.3, 0.4) is 0 Å². The average Bonchev–Trinajstić information content (AvgIpc) is 2.62. The predicted octanol–water partition coefficient (Wildman–Crippen LogP) is 3.96. The number of hydrogen-bond acceptors (Lipinski definition) is 4. The number of para-hydroxylation sites is 1. The van der Waals surface area contributed by atoms with Gasteiger partial charge in [-0.2, -0.15) is 0 Å². The minimum atomic E-state index is -0.271. The van der Waals surface area contributed by atoms with Gasteiger partial charge in [-0.25, -0.2) is 9.97 Å². The van der Waals surface area contributed by atoms with Crippen molar-refractivity contribution in [3.05, 3.63) is 83.3 Å². The molecule has 0 saturated heterocycles. The quantitative estimate of drug-likeness (QED) is 0.742. The van der Waals surface area contributed by atoms with Crippen LogP contribution in [-0.4, -0.2) is 15.9 Å². The van der Waals surface area contributed by atoms with Crippen LogP contribution in [0.25, 0.3) is 0 Å². The number of aryl methyl sites for hydroxylation is 2. The molecule has 2 aromatic carbocycles. The predicted molar refractivity (Wildman–Crippen MR) is 99.7 cm³/mol. The van der Waals surface area contributed by atoms with E-state index in [2.05, 4.69) is 45.7 Å². The molecule has 5 nitrogen and oxygen atoms in total. The molecule has 1 amide bonds. The third-order valence-electron chi connectivity index (χ3n) is 3.83. The molecule has 0 radical (unpaired) electrons. The summed E-state index contributed by atoms with van der Waals surface area (Å²) in [4.78, 5) is 20.7. The van der Waals surface area contributed by atoms with Crippen molar-refractivity contribution in [3.63, 3.8) is 0 Å². The fraction of sp³-hybridized carbons (Fsp3) is 0.150. The van der Waals surface area contributed by atoms with Gasteiger partial charge in [-0.15, -0.1) is 0 Å². The smallest absolute Gasteiger partial charge is 0.275 e. The van der Waals surface area contributed by atoms with Crippen LogP contribution in [0.1, 0.15) is 27.2 Å². The highest BCUT2D eigenvalue weighted by Gasteiger charge is 2.09. The summed E-state index contributed by atoms with van der Waals surface area (Å²) < 4.78 is 0. The second-order valence-electron chi connectivity index (χ2n) is 5.90. The molecule has 126 valence electrons. The lowest BCUT2D eigenvalue weighted by Crippen LogP contribution is -2.15. The van der Waals surface area contributed by atoms with Gasteiger partial charge in [-0.3, -0.25) is 4.79 Å². The molecule has 3 rings (SSSR count). The minimum Gasteiger partial charge on any atom is -0.365 e. The van der Waals surface area contributed by atoms with Gasteiger partial charge in [0.05, 0.1) is 12.4 Å². The van der Waals surface area contributed by atoms with Crippen LogP contribution in [0.2, 0.25) is 0 Å². The van der Waals surface area contributed by atoms with E-state index in [1.807, 2.05) is 37.3 Å². The van der Waals surface area contributed by atoms with Gasteiger partial charge in [0, 0.05) is 12.2 Å². The van der Waals surface area contributed by atoms with E-state index in [1.54, 1.807) is 6.20 Å². The largest absolute Gasteiger partial charge is 0.365 e. The van der Waals surface area contributed by atoms with Gasteiger partial charge in [-0.05, 0) is 31.0 Å². The van der Waals surface area contributed by atoms with Crippen LogP contribution in [-0.2, 0) is 6.54 Å². The maximum Gasteiger partial charge on any atom is 0.275 e. The molecule has 3 aromatic rings. The molecule has 0 aliphatic heterocycles. The zero-order valence-electron chi connectivity index (χ0n) is 14.3. The van der Waals surface area contributed by atoms with Crippen molar-refractivity contribution < 1.29 is 4.79 Å². The second-order valence-corrected chi connectivity index (χ2v) is 5.90. The summed E-state index contributed by atoms with van der Waals surface area (Å²) in [5, 5.41) is 6.06. The average molecular weight is 332 g/mol. The van der Waals surface area contributed by atoms with E-state index in [9.17, 15) is 4.79 Å². The van der Waals surface area contributed by atoms with Crippen LogP contribution >= 0.6 is 0 Å². The maximum absolute atomic E-state index is 12.3. The highest BCUT2D eigenvalue weighted by molar-refractivity contribution is 6.03. The zero-order valence-corrected chi connectivity index (χ0v) is 14.3. The summed E-state index contributed by atoms with van der Waals surface area (Å²) in [5.74, 6) is 0.362. The van der Waals surface area contributed by atoms with Gasteiger partial charge in [-0.1, -0.05) is 48.0 Å². The molecule has 5 heteroatoms. The number of rotatable bonds is 5. The number of carbonyl (C=O) groups is 1. The van der Waals surface area contributed by atoms with Crippen molar-refractivity contribution in [1.29, 1.82) is 0 Å². The summed E-state index contributed by atoms with van der Waals surface area (Å²) in [5.41, 5.74) is 4.44. The molecule has 0 fully saturated rings. The fourth-order valence-electron chi connectivity index (χ4n) is 2.45. The Hall–Kier alpha value is -3.21. The first-order chi connectivity index (χ1) is 12.1. The first kappa shape index (κ1) is 16.6. The summed E-state index contributed by atoms with van der Waals surface area (Å²) in [6.07, 6.45) is 3.05. The van der Waals surface area contributed by atoms with Gasteiger partial charge in [0.2, 0.25) is 0 Å². The van der Waals surface area contributed by atoms with E-state index in [-0.39, 0.29) is 11.6 Å². The van der Waals surface area contributed by atoms with Crippen LogP contribution in [0.5, 0.6) is 0 Å². The van der Waals surface area contributed by atoms with E-state index in [4.69, 9.17) is 0 Å². The highest BCUT2D eigenvalue weighted by atomic mass is 16.1. The van der Waals surface area contributed by atoms with Crippen molar-refractivity contribution in [2.45, 2.75) is 20.4 Å². The van der Waals surface area contributed by atoms with Crippen LogP contribution < -0.4 is 10.6 Å². The SMILES string of the molecule is Cc1cccc(CNc2cnc(C(=O)Nc3ccccc3C)cn2)c1. The number of carbonyl (C=O) groups excluding carboxylic acids is 1. The van der Waals surface area contributed by atoms with Crippen molar-refractivity contribution in [2.75, 3.05) is 10.6 Å². The van der Waals surface area contributed by atoms with Crippen molar-refractivity contribution in [1.82, 2.24) is 9.97 Å². The van der Waals surface area contributed by atoms with Crippen molar-refractivity contribution >= 4 is 17.4 Å². The van der Waals surface area contributed by atoms with Crippen LogP contribution in [0.4, 0.5) is 11.5 Å². The summed E-state index contributed by atoms with van der Waals surface area (Å²) in [7, 11) is 0. The van der Waals surface area contributed by atoms with Crippen molar-refractivity contribution in [2.24, 2.45) is 0 Å². The molecule has 0 spiro atoms. The number of nitrogens with zero attached hydrogens (tertiary/aromatic N) is 2. The molecule has 1 heterocycles. The van der Waals surface area contributed by atoms with Crippen molar-refractivity contribution in [3.8, 4) is 0 Å². The number of amides is 1. The lowest BCUT2D eigenvalue weighted by atomic mass is 10.1. The Morgan fingerprint density at radius 1 is 1.00 bits per heavy atom. The van der Waals surface area contributed by atoms with Gasteiger partial charge in [0.15, 0.2) is 0 Å². The number of anilines is 2. The van der Waals surface area contributed by atoms with E-state index < -0.39 is 0 Å². The monoisotopic (exact) mass is 332 g/mol. The topological polar surface area (TPSA) is 66.9 Å². The van der Waals surface area contributed by atoms with Gasteiger partial charge < -0.3 is 10.6 Å². The highest BCUT2D eigenvalue weighted by Crippen LogP contribution is 2.14. The maximum atomic E-state index is 12.3. The van der Waals surface area contributed by atoms with E-state index in [0.29, 0.717) is 12.4 Å². The lowest BCUT2D eigenvalue weighted by molar-refractivity contribution is 0.102. The Bertz CT molecular complexity index is 875. The Morgan fingerprint density at radius 3 is 2.56 bits per heavy atom. The third kappa shape index (κ3) is 4.41. The molecule has 2 N–H and O–H groups in total. The second kappa shape index (κ2) is 7.57. The van der Waals surface area contributed by atoms with E-state index >= 15 is 0 Å². The molecule has 0 aliphatic rings. The molecular weight excluding hydrogens is 312 g/mol. The summed E-state index contributed by atoms with van der Waals surface area (Å²) >= 11 is 0. The number of nitrogens with one attached hydrogen (secondary N) is 2. The normalized spacial score (nSPS) is 10.3. The molecule has 0 atom stereocenters. The molecular formula is C20H20N4O. The molecule has 1 aromatic heterocycles. The lowest BCUT2D eigenvalue weighted by Gasteiger charge is -2.09. The molecule has 0 saturated carbocycles. The first-order valence-corrected chi connectivity index (χ1v) is 8.10. The van der Waals surface area contributed by atoms with E-state index in [0.717, 1.165) is 11.3 Å². The van der Waals surface area contributed by atoms with Crippen LogP contribution in [0.15, 0.2) is 60.9 Å². The Kier molecular flexibility index (Phi) is 5.04. The minimum absolute atomic E-state index is 0.271. The Morgan fingerprint density at radius 2 is 1.84 bits per heavy atom. The number of aromatic nitrogens is 2. The standard InChI is InChI=1S/C20H20N4O/c1-14-6-5-8-16(10-14)11-22-19-13-21-18(12-23-19)20(25)24-17-9-4-3-7-15(17)2/h3-10,12-13H,11H2,1-2H3,(H,22,23)(H,24,25). The van der Waals surface area contributed by atoms with Gasteiger partial charge in [0.1, 0.15) is 11.5 Å². The number of hydrogen-bond donors (Lipinski definition) is 2. The fourth-order valence-corrected chi connectivity index (χ4v) is 2.45. The van der Waals surface area contributed by atoms with Gasteiger partial charge in [0.25, 0.3) is 5.91 Å². The molecule has 25 heavy (non-hydrogen) atoms. The molecule has 0 unspecified atom stereocenters. The molecule has 0 aliphatic carbocycles. The zero-order chi connectivity index (χ0) is 17.6. The Labute approximate surface area is 147 Å². The summed E-state index contributed by atoms with van der Waals surface area (Å²) in [6.45, 7) is 4.66. The first-order valence-electron chi connectivity index (χ1n) is 8.10. The van der Waals surface area contributed by atoms with Crippen LogP contribution in [0, 0.1) is 13.8 Å². The third-order valence-corrected chi connectivity index (χ3v) is 3.83. The Balaban J connectivity index is 1.61.